The van der Waals surface area contributed by atoms with Gasteiger partial charge in [-0.2, -0.15) is 0 Å². The normalized spacial score (nSPS) is 23.0. The molecule has 3 rings (SSSR count). The van der Waals surface area contributed by atoms with Crippen molar-refractivity contribution >= 4 is 34.2 Å². The minimum absolute atomic E-state index is 0. The lowest BCUT2D eigenvalue weighted by Crippen LogP contribution is -2.52. The van der Waals surface area contributed by atoms with Crippen LogP contribution in [-0.2, 0) is 14.9 Å². The topological polar surface area (TPSA) is 50.4 Å². The molecule has 1 aromatic rings. The third kappa shape index (κ3) is 3.77. The van der Waals surface area contributed by atoms with Crippen LogP contribution in [0.25, 0.3) is 0 Å². The highest BCUT2D eigenvalue weighted by Gasteiger charge is 2.45. The standard InChI is InChI=1S/C15H19BrN2O2.ClH/c16-12-4-2-1-3-11(12)15(5-6-15)10-18-14(19)13-9-20-8-7-17-13;/h1-4,13,17H,5-10H2,(H,18,19);1H. The molecule has 1 saturated heterocycles. The lowest BCUT2D eigenvalue weighted by Gasteiger charge is -2.24. The molecule has 1 aromatic carbocycles. The summed E-state index contributed by atoms with van der Waals surface area (Å²) in [6.07, 6.45) is 2.26. The van der Waals surface area contributed by atoms with Crippen molar-refractivity contribution in [2.45, 2.75) is 24.3 Å². The van der Waals surface area contributed by atoms with Crippen LogP contribution in [0.4, 0.5) is 0 Å². The minimum atomic E-state index is -0.209. The third-order valence-electron chi connectivity index (χ3n) is 4.14. The number of ether oxygens (including phenoxy) is 1. The van der Waals surface area contributed by atoms with Crippen molar-refractivity contribution in [2.75, 3.05) is 26.3 Å². The summed E-state index contributed by atoms with van der Waals surface area (Å²) in [5.74, 6) is 0.0445. The highest BCUT2D eigenvalue weighted by Crippen LogP contribution is 2.49. The molecular formula is C15H20BrClN2O2. The number of nitrogens with one attached hydrogen (secondary N) is 2. The number of hydrogen-bond acceptors (Lipinski definition) is 3. The van der Waals surface area contributed by atoms with E-state index in [2.05, 4.69) is 44.8 Å². The van der Waals surface area contributed by atoms with Gasteiger partial charge >= 0.3 is 0 Å². The Bertz CT molecular complexity index is 502. The van der Waals surface area contributed by atoms with Gasteiger partial charge in [0.2, 0.25) is 5.91 Å². The van der Waals surface area contributed by atoms with Gasteiger partial charge in [0.05, 0.1) is 13.2 Å². The zero-order chi connectivity index (χ0) is 14.0. The average molecular weight is 376 g/mol. The van der Waals surface area contributed by atoms with E-state index in [0.29, 0.717) is 19.8 Å². The largest absolute Gasteiger partial charge is 0.378 e. The van der Waals surface area contributed by atoms with Crippen molar-refractivity contribution < 1.29 is 9.53 Å². The molecule has 6 heteroatoms. The zero-order valence-corrected chi connectivity index (χ0v) is 14.1. The van der Waals surface area contributed by atoms with Gasteiger partial charge in [0, 0.05) is 23.0 Å². The number of hydrogen-bond donors (Lipinski definition) is 2. The summed E-state index contributed by atoms with van der Waals surface area (Å²) in [5.41, 5.74) is 1.42. The van der Waals surface area contributed by atoms with E-state index in [9.17, 15) is 4.79 Å². The van der Waals surface area contributed by atoms with Crippen LogP contribution in [0, 0.1) is 0 Å². The maximum atomic E-state index is 12.1. The van der Waals surface area contributed by atoms with Crippen LogP contribution in [0.15, 0.2) is 28.7 Å². The quantitative estimate of drug-likeness (QED) is 0.846. The molecule has 1 aliphatic heterocycles. The smallest absolute Gasteiger partial charge is 0.239 e. The highest BCUT2D eigenvalue weighted by atomic mass is 79.9. The predicted molar refractivity (Wildman–Crippen MR) is 87.9 cm³/mol. The molecule has 21 heavy (non-hydrogen) atoms. The lowest BCUT2D eigenvalue weighted by molar-refractivity contribution is -0.126. The fourth-order valence-corrected chi connectivity index (χ4v) is 3.40. The fraction of sp³-hybridized carbons (Fsp3) is 0.533. The molecule has 116 valence electrons. The second-order valence-corrected chi connectivity index (χ2v) is 6.41. The van der Waals surface area contributed by atoms with E-state index < -0.39 is 0 Å². The Morgan fingerprint density at radius 2 is 2.19 bits per heavy atom. The number of halogens is 2. The molecule has 1 heterocycles. The first-order valence-electron chi connectivity index (χ1n) is 7.05. The number of morpholine rings is 1. The van der Waals surface area contributed by atoms with Gasteiger partial charge in [-0.15, -0.1) is 12.4 Å². The molecule has 0 bridgehead atoms. The van der Waals surface area contributed by atoms with E-state index in [1.807, 2.05) is 6.07 Å². The first-order chi connectivity index (χ1) is 9.71. The van der Waals surface area contributed by atoms with Crippen LogP contribution in [0.1, 0.15) is 18.4 Å². The highest BCUT2D eigenvalue weighted by molar-refractivity contribution is 9.10. The molecule has 0 spiro atoms. The number of benzene rings is 1. The van der Waals surface area contributed by atoms with Gasteiger partial charge in [0.25, 0.3) is 0 Å². The monoisotopic (exact) mass is 374 g/mol. The van der Waals surface area contributed by atoms with Crippen LogP contribution in [0.2, 0.25) is 0 Å². The fourth-order valence-electron chi connectivity index (χ4n) is 2.70. The summed E-state index contributed by atoms with van der Waals surface area (Å²) in [6.45, 7) is 2.60. The maximum Gasteiger partial charge on any atom is 0.239 e. The molecule has 4 nitrogen and oxygen atoms in total. The number of amides is 1. The van der Waals surface area contributed by atoms with Gasteiger partial charge in [-0.05, 0) is 24.5 Å². The molecule has 1 aliphatic carbocycles. The zero-order valence-electron chi connectivity index (χ0n) is 11.7. The molecule has 1 unspecified atom stereocenters. The number of rotatable bonds is 4. The average Bonchev–Trinajstić information content (AvgIpc) is 3.27. The van der Waals surface area contributed by atoms with Crippen molar-refractivity contribution in [2.24, 2.45) is 0 Å². The van der Waals surface area contributed by atoms with Gasteiger partial charge < -0.3 is 15.4 Å². The van der Waals surface area contributed by atoms with Crippen molar-refractivity contribution in [3.63, 3.8) is 0 Å². The first kappa shape index (κ1) is 16.7. The van der Waals surface area contributed by atoms with Gasteiger partial charge in [-0.25, -0.2) is 0 Å². The number of carbonyl (C=O) groups excluding carboxylic acids is 1. The molecule has 2 aliphatic rings. The van der Waals surface area contributed by atoms with Crippen LogP contribution < -0.4 is 10.6 Å². The van der Waals surface area contributed by atoms with Gasteiger partial charge in [0.15, 0.2) is 0 Å². The van der Waals surface area contributed by atoms with E-state index in [1.165, 1.54) is 5.56 Å². The Hall–Kier alpha value is -0.620. The molecule has 2 fully saturated rings. The van der Waals surface area contributed by atoms with Crippen LogP contribution in [-0.4, -0.2) is 38.3 Å². The lowest BCUT2D eigenvalue weighted by atomic mass is 9.96. The Morgan fingerprint density at radius 3 is 2.81 bits per heavy atom. The van der Waals surface area contributed by atoms with Crippen molar-refractivity contribution in [1.29, 1.82) is 0 Å². The Morgan fingerprint density at radius 1 is 1.43 bits per heavy atom. The second-order valence-electron chi connectivity index (χ2n) is 5.56. The van der Waals surface area contributed by atoms with Crippen molar-refractivity contribution in [1.82, 2.24) is 10.6 Å². The van der Waals surface area contributed by atoms with Crippen LogP contribution in [0.3, 0.4) is 0 Å². The van der Waals surface area contributed by atoms with Crippen molar-refractivity contribution in [3.05, 3.63) is 34.3 Å². The Balaban J connectivity index is 0.00000161. The third-order valence-corrected chi connectivity index (χ3v) is 4.83. The van der Waals surface area contributed by atoms with Crippen LogP contribution in [0.5, 0.6) is 0 Å². The predicted octanol–water partition coefficient (Wildman–Crippen LogP) is 2.01. The second kappa shape index (κ2) is 7.09. The first-order valence-corrected chi connectivity index (χ1v) is 7.84. The summed E-state index contributed by atoms with van der Waals surface area (Å²) in [4.78, 5) is 12.1. The molecule has 1 atom stereocenters. The Labute approximate surface area is 139 Å². The molecule has 0 aromatic heterocycles. The van der Waals surface area contributed by atoms with Gasteiger partial charge in [0.1, 0.15) is 6.04 Å². The SMILES string of the molecule is Cl.O=C(NCC1(c2ccccc2Br)CC1)C1COCCN1. The van der Waals surface area contributed by atoms with Crippen molar-refractivity contribution in [3.8, 4) is 0 Å². The van der Waals surface area contributed by atoms with E-state index >= 15 is 0 Å². The Kier molecular flexibility index (Phi) is 5.66. The molecule has 2 N–H and O–H groups in total. The summed E-state index contributed by atoms with van der Waals surface area (Å²) in [5, 5.41) is 6.26. The van der Waals surface area contributed by atoms with E-state index in [4.69, 9.17) is 4.74 Å². The number of carbonyl (C=O) groups is 1. The van der Waals surface area contributed by atoms with Gasteiger partial charge in [-0.1, -0.05) is 34.1 Å². The maximum absolute atomic E-state index is 12.1. The minimum Gasteiger partial charge on any atom is -0.378 e. The van der Waals surface area contributed by atoms with Crippen LogP contribution >= 0.6 is 28.3 Å². The molecular weight excluding hydrogens is 356 g/mol. The molecule has 1 amide bonds. The summed E-state index contributed by atoms with van der Waals surface area (Å²) < 4.78 is 6.45. The summed E-state index contributed by atoms with van der Waals surface area (Å²) >= 11 is 3.61. The molecule has 0 radical (unpaired) electrons. The van der Waals surface area contributed by atoms with E-state index in [1.54, 1.807) is 0 Å². The van der Waals surface area contributed by atoms with Gasteiger partial charge in [-0.3, -0.25) is 4.79 Å². The van der Waals surface area contributed by atoms with E-state index in [-0.39, 0.29) is 29.8 Å². The van der Waals surface area contributed by atoms with E-state index in [0.717, 1.165) is 23.9 Å². The summed E-state index contributed by atoms with van der Waals surface area (Å²) in [7, 11) is 0. The molecule has 1 saturated carbocycles. The summed E-state index contributed by atoms with van der Waals surface area (Å²) in [6, 6.07) is 8.07.